The molecule has 1 aliphatic heterocycles. The number of ketones is 1. The van der Waals surface area contributed by atoms with Crippen LogP contribution in [0.2, 0.25) is 5.02 Å². The summed E-state index contributed by atoms with van der Waals surface area (Å²) in [6.45, 7) is 0.182. The van der Waals surface area contributed by atoms with Crippen LogP contribution in [0.15, 0.2) is 64.2 Å². The van der Waals surface area contributed by atoms with Gasteiger partial charge in [-0.25, -0.2) is 4.68 Å². The van der Waals surface area contributed by atoms with Crippen LogP contribution >= 0.6 is 11.6 Å². The van der Waals surface area contributed by atoms with Gasteiger partial charge in [0.15, 0.2) is 5.78 Å². The molecule has 0 saturated carbocycles. The predicted molar refractivity (Wildman–Crippen MR) is 100 cm³/mol. The van der Waals surface area contributed by atoms with Crippen molar-refractivity contribution in [2.45, 2.75) is 13.0 Å². The summed E-state index contributed by atoms with van der Waals surface area (Å²) in [6.07, 6.45) is 4.90. The van der Waals surface area contributed by atoms with Crippen molar-refractivity contribution in [3.05, 3.63) is 69.7 Å². The van der Waals surface area contributed by atoms with E-state index in [1.807, 2.05) is 12.1 Å². The molecule has 3 heterocycles. The topological polar surface area (TPSA) is 77.2 Å². The fraction of sp³-hybridized carbons (Fsp3) is 0.105. The Morgan fingerprint density at radius 2 is 2.04 bits per heavy atom. The number of halogens is 1. The summed E-state index contributed by atoms with van der Waals surface area (Å²) in [4.78, 5) is 32.5. The molecule has 2 aromatic heterocycles. The van der Waals surface area contributed by atoms with Gasteiger partial charge in [0.2, 0.25) is 0 Å². The molecule has 0 spiro atoms. The molecular formula is C19H13ClN4O2. The first-order valence-corrected chi connectivity index (χ1v) is 8.37. The smallest absolute Gasteiger partial charge is 0.276 e. The molecule has 4 rings (SSSR count). The van der Waals surface area contributed by atoms with E-state index in [9.17, 15) is 9.59 Å². The zero-order valence-corrected chi connectivity index (χ0v) is 14.3. The molecule has 0 aliphatic carbocycles. The van der Waals surface area contributed by atoms with Crippen molar-refractivity contribution in [3.63, 3.8) is 0 Å². The third-order valence-electron chi connectivity index (χ3n) is 4.04. The fourth-order valence-electron chi connectivity index (χ4n) is 2.79. The van der Waals surface area contributed by atoms with Gasteiger partial charge in [-0.1, -0.05) is 29.8 Å². The van der Waals surface area contributed by atoms with Crippen LogP contribution in [0, 0.1) is 0 Å². The number of aliphatic imine (C=N–C) groups is 1. The molecule has 0 radical (unpaired) electrons. The van der Waals surface area contributed by atoms with Gasteiger partial charge in [-0.2, -0.15) is 5.10 Å². The van der Waals surface area contributed by atoms with Crippen molar-refractivity contribution in [1.82, 2.24) is 14.8 Å². The molecular weight excluding hydrogens is 352 g/mol. The molecule has 1 aromatic carbocycles. The Morgan fingerprint density at radius 1 is 1.15 bits per heavy atom. The Kier molecular flexibility index (Phi) is 4.18. The van der Waals surface area contributed by atoms with Gasteiger partial charge < -0.3 is 0 Å². The summed E-state index contributed by atoms with van der Waals surface area (Å²) in [5.74, 6) is -0.0589. The number of carbonyl (C=O) groups is 1. The fourth-order valence-corrected chi connectivity index (χ4v) is 2.98. The first-order valence-electron chi connectivity index (χ1n) is 7.99. The highest BCUT2D eigenvalue weighted by Gasteiger charge is 2.15. The van der Waals surface area contributed by atoms with Crippen LogP contribution in [0.1, 0.15) is 6.42 Å². The van der Waals surface area contributed by atoms with E-state index in [0.29, 0.717) is 27.3 Å². The number of allylic oxidation sites excluding steroid dienone is 2. The number of rotatable bonds is 3. The number of aromatic nitrogens is 3. The minimum atomic E-state index is -0.258. The van der Waals surface area contributed by atoms with Crippen molar-refractivity contribution in [2.24, 2.45) is 4.99 Å². The molecule has 7 heteroatoms. The van der Waals surface area contributed by atoms with Gasteiger partial charge in [0, 0.05) is 23.2 Å². The second-order valence-electron chi connectivity index (χ2n) is 5.85. The number of fused-ring (bicyclic) bond motifs is 1. The van der Waals surface area contributed by atoms with E-state index in [-0.39, 0.29) is 24.3 Å². The molecule has 0 saturated heterocycles. The third kappa shape index (κ3) is 3.07. The standard InChI is InChI=1S/C19H13ClN4O2/c20-13-4-1-3-12(9-13)17-18-16(5-2-8-21-18)19(26)24(23-17)11-14-6-7-15(25)10-22-14/h1-6,8-10H,7,11H2. The number of carbonyl (C=O) groups excluding carboxylic acids is 1. The second kappa shape index (κ2) is 6.65. The van der Waals surface area contributed by atoms with E-state index in [4.69, 9.17) is 11.6 Å². The number of hydrogen-bond donors (Lipinski definition) is 0. The Bertz CT molecular complexity index is 1150. The van der Waals surface area contributed by atoms with E-state index < -0.39 is 0 Å². The highest BCUT2D eigenvalue weighted by atomic mass is 35.5. The monoisotopic (exact) mass is 364 g/mol. The quantitative estimate of drug-likeness (QED) is 0.715. The van der Waals surface area contributed by atoms with Crippen LogP contribution in [0.25, 0.3) is 22.2 Å². The number of benzene rings is 1. The minimum Gasteiger partial charge on any atom is -0.293 e. The summed E-state index contributed by atoms with van der Waals surface area (Å²) < 4.78 is 1.35. The lowest BCUT2D eigenvalue weighted by atomic mass is 10.1. The van der Waals surface area contributed by atoms with Crippen molar-refractivity contribution >= 4 is 34.5 Å². The molecule has 0 unspecified atom stereocenters. The zero-order chi connectivity index (χ0) is 18.1. The maximum Gasteiger partial charge on any atom is 0.276 e. The first-order chi connectivity index (χ1) is 12.6. The van der Waals surface area contributed by atoms with Crippen molar-refractivity contribution in [2.75, 3.05) is 0 Å². The molecule has 26 heavy (non-hydrogen) atoms. The zero-order valence-electron chi connectivity index (χ0n) is 13.6. The van der Waals surface area contributed by atoms with Gasteiger partial charge in [0.1, 0.15) is 11.2 Å². The molecule has 128 valence electrons. The van der Waals surface area contributed by atoms with E-state index in [2.05, 4.69) is 15.1 Å². The Balaban J connectivity index is 1.89. The van der Waals surface area contributed by atoms with E-state index >= 15 is 0 Å². The average molecular weight is 365 g/mol. The predicted octanol–water partition coefficient (Wildman–Crippen LogP) is 3.04. The Morgan fingerprint density at radius 3 is 2.81 bits per heavy atom. The van der Waals surface area contributed by atoms with Crippen LogP contribution in [0.4, 0.5) is 0 Å². The molecule has 6 nitrogen and oxygen atoms in total. The minimum absolute atomic E-state index is 0.0589. The molecule has 0 amide bonds. The van der Waals surface area contributed by atoms with Crippen LogP contribution in [0.5, 0.6) is 0 Å². The van der Waals surface area contributed by atoms with Gasteiger partial charge in [-0.3, -0.25) is 19.6 Å². The van der Waals surface area contributed by atoms with Gasteiger partial charge in [-0.05, 0) is 24.3 Å². The molecule has 1 aliphatic rings. The summed E-state index contributed by atoms with van der Waals surface area (Å²) in [6, 6.07) is 10.7. The molecule has 0 bridgehead atoms. The van der Waals surface area contributed by atoms with E-state index in [1.54, 1.807) is 36.5 Å². The summed E-state index contributed by atoms with van der Waals surface area (Å²) in [5, 5.41) is 5.55. The highest BCUT2D eigenvalue weighted by molar-refractivity contribution is 6.31. The Labute approximate surface area is 153 Å². The Hall–Kier alpha value is -3.12. The van der Waals surface area contributed by atoms with Gasteiger partial charge in [-0.15, -0.1) is 0 Å². The van der Waals surface area contributed by atoms with E-state index in [0.717, 1.165) is 5.56 Å². The van der Waals surface area contributed by atoms with Crippen LogP contribution < -0.4 is 5.56 Å². The van der Waals surface area contributed by atoms with Crippen molar-refractivity contribution in [1.29, 1.82) is 0 Å². The molecule has 0 fully saturated rings. The lowest BCUT2D eigenvalue weighted by Crippen LogP contribution is -2.25. The SMILES string of the molecule is O=C1C=NC(Cn2nc(-c3cccc(Cl)c3)c3ncccc3c2=O)=CC1. The number of pyridine rings is 1. The van der Waals surface area contributed by atoms with Crippen LogP contribution in [-0.4, -0.2) is 26.8 Å². The largest absolute Gasteiger partial charge is 0.293 e. The van der Waals surface area contributed by atoms with Gasteiger partial charge in [0.05, 0.1) is 23.8 Å². The molecule has 0 atom stereocenters. The lowest BCUT2D eigenvalue weighted by molar-refractivity contribution is -0.111. The van der Waals surface area contributed by atoms with Crippen molar-refractivity contribution < 1.29 is 4.79 Å². The molecule has 3 aromatic rings. The summed E-state index contributed by atoms with van der Waals surface area (Å²) in [7, 11) is 0. The van der Waals surface area contributed by atoms with Crippen LogP contribution in [0.3, 0.4) is 0 Å². The summed E-state index contributed by atoms with van der Waals surface area (Å²) >= 11 is 6.11. The third-order valence-corrected chi connectivity index (χ3v) is 4.28. The first kappa shape index (κ1) is 16.4. The number of Topliss-reactive ketones (excluding diaryl/α,β-unsaturated/α-hetero) is 1. The normalized spacial score (nSPS) is 13.9. The number of nitrogens with zero attached hydrogens (tertiary/aromatic N) is 4. The van der Waals surface area contributed by atoms with Gasteiger partial charge >= 0.3 is 0 Å². The second-order valence-corrected chi connectivity index (χ2v) is 6.28. The van der Waals surface area contributed by atoms with Gasteiger partial charge in [0.25, 0.3) is 5.56 Å². The summed E-state index contributed by atoms with van der Waals surface area (Å²) in [5.41, 5.74) is 2.23. The van der Waals surface area contributed by atoms with Crippen LogP contribution in [-0.2, 0) is 11.3 Å². The van der Waals surface area contributed by atoms with E-state index in [1.165, 1.54) is 10.9 Å². The average Bonchev–Trinajstić information content (AvgIpc) is 2.66. The molecule has 0 N–H and O–H groups in total. The maximum atomic E-state index is 12.8. The van der Waals surface area contributed by atoms with Crippen molar-refractivity contribution in [3.8, 4) is 11.3 Å². The lowest BCUT2D eigenvalue weighted by Gasteiger charge is -2.12. The highest BCUT2D eigenvalue weighted by Crippen LogP contribution is 2.25. The maximum absolute atomic E-state index is 12.8. The number of hydrogen-bond acceptors (Lipinski definition) is 5.